The van der Waals surface area contributed by atoms with Gasteiger partial charge in [-0.25, -0.2) is 0 Å². The summed E-state index contributed by atoms with van der Waals surface area (Å²) < 4.78 is 15.2. The summed E-state index contributed by atoms with van der Waals surface area (Å²) in [6.45, 7) is 9.99. The Morgan fingerprint density at radius 2 is 1.23 bits per heavy atom. The van der Waals surface area contributed by atoms with Gasteiger partial charge in [-0.1, -0.05) is 58.7 Å². The molecule has 0 radical (unpaired) electrons. The molecule has 2 aromatic rings. The molecule has 0 saturated heterocycles. The van der Waals surface area contributed by atoms with Gasteiger partial charge >= 0.3 is 5.97 Å². The monoisotopic (exact) mass is 358 g/mol. The number of esters is 1. The first-order valence-electron chi connectivity index (χ1n) is 8.59. The number of hydrogen-bond donors (Lipinski definition) is 0. The van der Waals surface area contributed by atoms with Crippen LogP contribution < -0.4 is 0 Å². The smallest absolute Gasteiger partial charge is 0.302 e. The van der Waals surface area contributed by atoms with Crippen LogP contribution in [0.3, 0.4) is 0 Å². The summed E-state index contributed by atoms with van der Waals surface area (Å²) in [5, 5.41) is 0. The normalized spacial score (nSPS) is 10.3. The van der Waals surface area contributed by atoms with Crippen LogP contribution in [0, 0.1) is 27.7 Å². The molecule has 0 fully saturated rings. The fourth-order valence-electron chi connectivity index (χ4n) is 2.85. The van der Waals surface area contributed by atoms with Gasteiger partial charge in [0.1, 0.15) is 6.61 Å². The number of hydrogen-bond acceptors (Lipinski definition) is 4. The van der Waals surface area contributed by atoms with Gasteiger partial charge < -0.3 is 14.2 Å². The van der Waals surface area contributed by atoms with Gasteiger partial charge in [0.25, 0.3) is 0 Å². The minimum atomic E-state index is -0.251. The maximum Gasteiger partial charge on any atom is 0.302 e. The van der Waals surface area contributed by atoms with Gasteiger partial charge in [0.15, 0.2) is 6.29 Å². The molecule has 0 unspecified atom stereocenters. The summed E-state index contributed by atoms with van der Waals surface area (Å²) in [6.07, 6.45) is -0.251. The summed E-state index contributed by atoms with van der Waals surface area (Å²) in [6, 6.07) is 12.4. The van der Waals surface area contributed by atoms with Crippen LogP contribution in [0.4, 0.5) is 0 Å². The van der Waals surface area contributed by atoms with Crippen molar-refractivity contribution in [2.45, 2.75) is 47.5 Å². The highest BCUT2D eigenvalue weighted by molar-refractivity contribution is 5.65. The van der Waals surface area contributed by atoms with Crippen molar-refractivity contribution in [2.24, 2.45) is 0 Å². The van der Waals surface area contributed by atoms with Crippen LogP contribution in [0.1, 0.15) is 46.6 Å². The summed E-state index contributed by atoms with van der Waals surface area (Å²) >= 11 is 0. The summed E-state index contributed by atoms with van der Waals surface area (Å²) in [5.74, 6) is -0.237. The quantitative estimate of drug-likeness (QED) is 0.560. The van der Waals surface area contributed by atoms with E-state index in [0.29, 0.717) is 6.61 Å². The van der Waals surface area contributed by atoms with Crippen molar-refractivity contribution in [3.8, 4) is 0 Å². The molecule has 0 bridgehead atoms. The molecule has 0 spiro atoms. The molecule has 0 atom stereocenters. The Labute approximate surface area is 157 Å². The molecule has 4 nitrogen and oxygen atoms in total. The fourth-order valence-corrected chi connectivity index (χ4v) is 2.85. The molecule has 0 saturated carbocycles. The molecule has 2 aromatic carbocycles. The van der Waals surface area contributed by atoms with E-state index in [1.54, 1.807) is 14.2 Å². The van der Waals surface area contributed by atoms with E-state index in [0.717, 1.165) is 11.1 Å². The highest BCUT2D eigenvalue weighted by Gasteiger charge is 2.08. The average Bonchev–Trinajstić information content (AvgIpc) is 2.53. The molecule has 4 heteroatoms. The Hall–Kier alpha value is -2.17. The third-order valence-corrected chi connectivity index (χ3v) is 3.67. The predicted molar refractivity (Wildman–Crippen MR) is 104 cm³/mol. The van der Waals surface area contributed by atoms with Crippen LogP contribution in [-0.4, -0.2) is 20.2 Å². The minimum Gasteiger partial charge on any atom is -0.461 e. The second kappa shape index (κ2) is 10.7. The molecule has 26 heavy (non-hydrogen) atoms. The van der Waals surface area contributed by atoms with Crippen LogP contribution in [-0.2, 0) is 25.6 Å². The van der Waals surface area contributed by atoms with Gasteiger partial charge in [0.2, 0.25) is 0 Å². The number of carbonyl (C=O) groups excluding carboxylic acids is 1. The largest absolute Gasteiger partial charge is 0.461 e. The molecule has 0 N–H and O–H groups in total. The van der Waals surface area contributed by atoms with Crippen LogP contribution >= 0.6 is 0 Å². The van der Waals surface area contributed by atoms with Crippen LogP contribution in [0.25, 0.3) is 0 Å². The maximum absolute atomic E-state index is 10.6. The number of benzene rings is 2. The number of methoxy groups -OCH3 is 2. The molecule has 0 aliphatic carbocycles. The van der Waals surface area contributed by atoms with Gasteiger partial charge in [-0.2, -0.15) is 0 Å². The lowest BCUT2D eigenvalue weighted by molar-refractivity contribution is -0.142. The van der Waals surface area contributed by atoms with E-state index in [1.807, 2.05) is 26.0 Å². The third kappa shape index (κ3) is 7.81. The molecule has 0 aliphatic rings. The maximum atomic E-state index is 10.6. The van der Waals surface area contributed by atoms with Crippen molar-refractivity contribution >= 4 is 5.97 Å². The summed E-state index contributed by atoms with van der Waals surface area (Å²) in [4.78, 5) is 10.6. The minimum absolute atomic E-state index is 0.237. The predicted octanol–water partition coefficient (Wildman–Crippen LogP) is 4.96. The van der Waals surface area contributed by atoms with Crippen molar-refractivity contribution in [3.05, 3.63) is 69.8 Å². The zero-order valence-corrected chi connectivity index (χ0v) is 16.9. The summed E-state index contributed by atoms with van der Waals surface area (Å²) in [7, 11) is 3.29. The Kier molecular flexibility index (Phi) is 9.03. The average molecular weight is 358 g/mol. The van der Waals surface area contributed by atoms with Gasteiger partial charge in [0, 0.05) is 26.7 Å². The fraction of sp³-hybridized carbons (Fsp3) is 0.409. The first kappa shape index (κ1) is 21.9. The number of rotatable bonds is 5. The third-order valence-electron chi connectivity index (χ3n) is 3.67. The zero-order valence-electron chi connectivity index (χ0n) is 16.9. The van der Waals surface area contributed by atoms with Crippen molar-refractivity contribution in [1.29, 1.82) is 0 Å². The first-order valence-corrected chi connectivity index (χ1v) is 8.59. The Morgan fingerprint density at radius 3 is 1.62 bits per heavy atom. The number of carbonyl (C=O) groups is 1. The number of ether oxygens (including phenoxy) is 3. The van der Waals surface area contributed by atoms with Gasteiger partial charge in [-0.3, -0.25) is 4.79 Å². The standard InChI is InChI=1S/C11H16O2.C11H14O2/c1-8-5-9(2)7-10(6-8)11(12-3)13-4;1-8-4-9(2)6-11(5-8)7-13-10(3)12/h5-7,11H,1-4H3;4-6H,7H2,1-3H3. The van der Waals surface area contributed by atoms with Crippen molar-refractivity contribution < 1.29 is 19.0 Å². The van der Waals surface area contributed by atoms with E-state index in [2.05, 4.69) is 38.1 Å². The lowest BCUT2D eigenvalue weighted by Gasteiger charge is -2.14. The second-order valence-electron chi connectivity index (χ2n) is 6.50. The Bertz CT molecular complexity index is 678. The Balaban J connectivity index is 0.000000260. The highest BCUT2D eigenvalue weighted by atomic mass is 16.7. The van der Waals surface area contributed by atoms with E-state index in [1.165, 1.54) is 29.2 Å². The molecule has 0 heterocycles. The van der Waals surface area contributed by atoms with Crippen LogP contribution in [0.5, 0.6) is 0 Å². The van der Waals surface area contributed by atoms with Gasteiger partial charge in [-0.15, -0.1) is 0 Å². The van der Waals surface area contributed by atoms with Crippen LogP contribution in [0.15, 0.2) is 36.4 Å². The van der Waals surface area contributed by atoms with Gasteiger partial charge in [-0.05, 0) is 33.3 Å². The lowest BCUT2D eigenvalue weighted by atomic mass is 10.1. The van der Waals surface area contributed by atoms with E-state index >= 15 is 0 Å². The first-order chi connectivity index (χ1) is 12.2. The lowest BCUT2D eigenvalue weighted by Crippen LogP contribution is -2.04. The molecule has 0 aliphatic heterocycles. The van der Waals surface area contributed by atoms with Crippen molar-refractivity contribution in [2.75, 3.05) is 14.2 Å². The summed E-state index contributed by atoms with van der Waals surface area (Å²) in [5.41, 5.74) is 6.97. The molecular weight excluding hydrogens is 328 g/mol. The topological polar surface area (TPSA) is 44.8 Å². The van der Waals surface area contributed by atoms with E-state index in [9.17, 15) is 4.79 Å². The molecule has 2 rings (SSSR count). The van der Waals surface area contributed by atoms with E-state index in [4.69, 9.17) is 14.2 Å². The SMILES string of the molecule is CC(=O)OCc1cc(C)cc(C)c1.COC(OC)c1cc(C)cc(C)c1. The zero-order chi connectivity index (χ0) is 19.7. The molecular formula is C22H30O4. The second-order valence-corrected chi connectivity index (χ2v) is 6.50. The van der Waals surface area contributed by atoms with E-state index in [-0.39, 0.29) is 12.3 Å². The Morgan fingerprint density at radius 1 is 0.808 bits per heavy atom. The molecule has 0 aromatic heterocycles. The van der Waals surface area contributed by atoms with E-state index < -0.39 is 0 Å². The van der Waals surface area contributed by atoms with Crippen LogP contribution in [0.2, 0.25) is 0 Å². The van der Waals surface area contributed by atoms with Crippen molar-refractivity contribution in [3.63, 3.8) is 0 Å². The molecule has 0 amide bonds. The van der Waals surface area contributed by atoms with Gasteiger partial charge in [0.05, 0.1) is 0 Å². The molecule has 142 valence electrons. The number of aryl methyl sites for hydroxylation is 4. The highest BCUT2D eigenvalue weighted by Crippen LogP contribution is 2.19. The van der Waals surface area contributed by atoms with Crippen molar-refractivity contribution in [1.82, 2.24) is 0 Å².